The molecule has 1 aliphatic rings. The van der Waals surface area contributed by atoms with Crippen LogP contribution in [0.3, 0.4) is 0 Å². The Kier molecular flexibility index (Phi) is 6.58. The van der Waals surface area contributed by atoms with E-state index in [4.69, 9.17) is 16.3 Å². The van der Waals surface area contributed by atoms with Crippen molar-refractivity contribution in [1.82, 2.24) is 9.80 Å². The zero-order chi connectivity index (χ0) is 19.2. The third-order valence-electron chi connectivity index (χ3n) is 4.96. The number of benzene rings is 2. The van der Waals surface area contributed by atoms with Crippen LogP contribution in [0.5, 0.6) is 11.5 Å². The van der Waals surface area contributed by atoms with E-state index in [1.165, 1.54) is 0 Å². The topological polar surface area (TPSA) is 53.0 Å². The van der Waals surface area contributed by atoms with Crippen molar-refractivity contribution in [1.29, 1.82) is 0 Å². The maximum Gasteiger partial charge on any atom is 0.222 e. The minimum absolute atomic E-state index is 0.137. The number of amides is 1. The van der Waals surface area contributed by atoms with E-state index in [0.29, 0.717) is 31.0 Å². The van der Waals surface area contributed by atoms with Crippen molar-refractivity contribution in [2.75, 3.05) is 33.3 Å². The molecule has 1 amide bonds. The van der Waals surface area contributed by atoms with Crippen LogP contribution in [-0.4, -0.2) is 54.1 Å². The number of para-hydroxylation sites is 1. The third-order valence-corrected chi connectivity index (χ3v) is 5.20. The van der Waals surface area contributed by atoms with Crippen molar-refractivity contribution < 1.29 is 14.6 Å². The molecule has 0 aliphatic carbocycles. The van der Waals surface area contributed by atoms with E-state index in [-0.39, 0.29) is 11.7 Å². The fraction of sp³-hybridized carbons (Fsp3) is 0.381. The largest absolute Gasteiger partial charge is 0.508 e. The van der Waals surface area contributed by atoms with Gasteiger partial charge in [0.05, 0.1) is 7.11 Å². The fourth-order valence-electron chi connectivity index (χ4n) is 3.39. The highest BCUT2D eigenvalue weighted by Gasteiger charge is 2.22. The van der Waals surface area contributed by atoms with Gasteiger partial charge < -0.3 is 14.7 Å². The summed E-state index contributed by atoms with van der Waals surface area (Å²) in [5.41, 5.74) is 1.88. The third kappa shape index (κ3) is 5.15. The highest BCUT2D eigenvalue weighted by atomic mass is 35.5. The van der Waals surface area contributed by atoms with Crippen molar-refractivity contribution in [2.45, 2.75) is 19.4 Å². The number of halogens is 1. The van der Waals surface area contributed by atoms with Crippen molar-refractivity contribution in [3.63, 3.8) is 0 Å². The predicted octanol–water partition coefficient (Wildman–Crippen LogP) is 3.33. The van der Waals surface area contributed by atoms with Crippen LogP contribution in [0.25, 0.3) is 0 Å². The van der Waals surface area contributed by atoms with Crippen molar-refractivity contribution in [3.05, 3.63) is 58.6 Å². The molecule has 3 rings (SSSR count). The number of ether oxygens (including phenoxy) is 1. The summed E-state index contributed by atoms with van der Waals surface area (Å²) in [6.45, 7) is 3.81. The van der Waals surface area contributed by atoms with Gasteiger partial charge in [0.2, 0.25) is 5.91 Å². The predicted molar refractivity (Wildman–Crippen MR) is 106 cm³/mol. The van der Waals surface area contributed by atoms with Gasteiger partial charge in [-0.1, -0.05) is 29.8 Å². The summed E-state index contributed by atoms with van der Waals surface area (Å²) in [5.74, 6) is 1.23. The summed E-state index contributed by atoms with van der Waals surface area (Å²) < 4.78 is 5.41. The van der Waals surface area contributed by atoms with Crippen molar-refractivity contribution in [2.24, 2.45) is 0 Å². The lowest BCUT2D eigenvalue weighted by Crippen LogP contribution is -2.48. The first-order chi connectivity index (χ1) is 13.1. The molecular weight excluding hydrogens is 364 g/mol. The number of methoxy groups -OCH3 is 1. The quantitative estimate of drug-likeness (QED) is 0.824. The Balaban J connectivity index is 1.49. The van der Waals surface area contributed by atoms with Gasteiger partial charge in [-0.15, -0.1) is 0 Å². The Labute approximate surface area is 165 Å². The van der Waals surface area contributed by atoms with Gasteiger partial charge >= 0.3 is 0 Å². The molecular formula is C21H25ClN2O3. The van der Waals surface area contributed by atoms with Crippen molar-refractivity contribution in [3.8, 4) is 11.5 Å². The number of phenolic OH excluding ortho intramolecular Hbond substituents is 1. The monoisotopic (exact) mass is 388 g/mol. The summed E-state index contributed by atoms with van der Waals surface area (Å²) in [6.07, 6.45) is 0.977. The zero-order valence-corrected chi connectivity index (χ0v) is 16.3. The summed E-state index contributed by atoms with van der Waals surface area (Å²) in [4.78, 5) is 16.7. The van der Waals surface area contributed by atoms with Crippen LogP contribution in [0.15, 0.2) is 42.5 Å². The van der Waals surface area contributed by atoms with Crippen LogP contribution in [0.4, 0.5) is 0 Å². The van der Waals surface area contributed by atoms with Gasteiger partial charge in [0.1, 0.15) is 11.5 Å². The molecule has 0 unspecified atom stereocenters. The van der Waals surface area contributed by atoms with E-state index in [9.17, 15) is 9.90 Å². The molecule has 1 saturated heterocycles. The minimum atomic E-state index is 0.137. The lowest BCUT2D eigenvalue weighted by atomic mass is 10.1. The second-order valence-electron chi connectivity index (χ2n) is 6.74. The van der Waals surface area contributed by atoms with E-state index in [1.807, 2.05) is 35.2 Å². The van der Waals surface area contributed by atoms with E-state index in [1.54, 1.807) is 19.2 Å². The SMILES string of the molecule is COc1ccc(Cl)cc1CN1CCN(C(=O)CCc2ccccc2O)CC1. The summed E-state index contributed by atoms with van der Waals surface area (Å²) in [5, 5.41) is 10.5. The number of carbonyl (C=O) groups is 1. The molecule has 1 aliphatic heterocycles. The number of aryl methyl sites for hydroxylation is 1. The highest BCUT2D eigenvalue weighted by Crippen LogP contribution is 2.24. The molecule has 6 heteroatoms. The molecule has 0 aromatic heterocycles. The van der Waals surface area contributed by atoms with Crippen molar-refractivity contribution >= 4 is 17.5 Å². The van der Waals surface area contributed by atoms with Gasteiger partial charge in [-0.3, -0.25) is 9.69 Å². The summed E-state index contributed by atoms with van der Waals surface area (Å²) >= 11 is 6.11. The molecule has 2 aromatic rings. The van der Waals surface area contributed by atoms with Gasteiger partial charge in [0.25, 0.3) is 0 Å². The molecule has 0 saturated carbocycles. The number of carbonyl (C=O) groups excluding carboxylic acids is 1. The average Bonchev–Trinajstić information content (AvgIpc) is 2.68. The molecule has 1 fully saturated rings. The van der Waals surface area contributed by atoms with Crippen LogP contribution in [0, 0.1) is 0 Å². The Hall–Kier alpha value is -2.24. The molecule has 0 atom stereocenters. The Morgan fingerprint density at radius 3 is 2.56 bits per heavy atom. The normalized spacial score (nSPS) is 15.0. The number of nitrogens with zero attached hydrogens (tertiary/aromatic N) is 2. The number of aromatic hydroxyl groups is 1. The number of hydrogen-bond donors (Lipinski definition) is 1. The molecule has 0 radical (unpaired) electrons. The average molecular weight is 389 g/mol. The van der Waals surface area contributed by atoms with Crippen LogP contribution in [-0.2, 0) is 17.8 Å². The standard InChI is InChI=1S/C21H25ClN2O3/c1-27-20-8-7-18(22)14-17(20)15-23-10-12-24(13-11-23)21(26)9-6-16-4-2-3-5-19(16)25/h2-5,7-8,14,25H,6,9-13,15H2,1H3. The van der Waals surface area contributed by atoms with Gasteiger partial charge in [-0.25, -0.2) is 0 Å². The van der Waals surface area contributed by atoms with Crippen LogP contribution in [0.2, 0.25) is 5.02 Å². The second-order valence-corrected chi connectivity index (χ2v) is 7.18. The highest BCUT2D eigenvalue weighted by molar-refractivity contribution is 6.30. The first-order valence-electron chi connectivity index (χ1n) is 9.16. The fourth-order valence-corrected chi connectivity index (χ4v) is 3.58. The molecule has 5 nitrogen and oxygen atoms in total. The Morgan fingerprint density at radius 1 is 1.11 bits per heavy atom. The maximum absolute atomic E-state index is 12.5. The van der Waals surface area contributed by atoms with Gasteiger partial charge in [0.15, 0.2) is 0 Å². The number of phenols is 1. The second kappa shape index (κ2) is 9.11. The van der Waals surface area contributed by atoms with Gasteiger partial charge in [-0.05, 0) is 36.2 Å². The maximum atomic E-state index is 12.5. The molecule has 27 heavy (non-hydrogen) atoms. The van der Waals surface area contributed by atoms with E-state index in [0.717, 1.165) is 36.5 Å². The number of hydrogen-bond acceptors (Lipinski definition) is 4. The molecule has 0 bridgehead atoms. The molecule has 1 heterocycles. The Bertz CT molecular complexity index is 789. The summed E-state index contributed by atoms with van der Waals surface area (Å²) in [6, 6.07) is 12.8. The van der Waals surface area contributed by atoms with Gasteiger partial charge in [-0.2, -0.15) is 0 Å². The Morgan fingerprint density at radius 2 is 1.85 bits per heavy atom. The van der Waals surface area contributed by atoms with Crippen LogP contribution >= 0.6 is 11.6 Å². The molecule has 1 N–H and O–H groups in total. The lowest BCUT2D eigenvalue weighted by molar-refractivity contribution is -0.133. The zero-order valence-electron chi connectivity index (χ0n) is 15.5. The van der Waals surface area contributed by atoms with E-state index in [2.05, 4.69) is 4.90 Å². The van der Waals surface area contributed by atoms with Crippen LogP contribution in [0.1, 0.15) is 17.5 Å². The molecule has 2 aromatic carbocycles. The number of piperazine rings is 1. The first-order valence-corrected chi connectivity index (χ1v) is 9.54. The first kappa shape index (κ1) is 19.5. The molecule has 144 valence electrons. The minimum Gasteiger partial charge on any atom is -0.508 e. The lowest BCUT2D eigenvalue weighted by Gasteiger charge is -2.35. The molecule has 0 spiro atoms. The van der Waals surface area contributed by atoms with Crippen LogP contribution < -0.4 is 4.74 Å². The smallest absolute Gasteiger partial charge is 0.222 e. The van der Waals surface area contributed by atoms with Gasteiger partial charge in [0, 0.05) is 49.7 Å². The van der Waals surface area contributed by atoms with E-state index >= 15 is 0 Å². The summed E-state index contributed by atoms with van der Waals surface area (Å²) in [7, 11) is 1.66. The number of rotatable bonds is 6. The van der Waals surface area contributed by atoms with E-state index < -0.39 is 0 Å².